The van der Waals surface area contributed by atoms with E-state index in [4.69, 9.17) is 5.11 Å². The van der Waals surface area contributed by atoms with Crippen LogP contribution in [0.4, 0.5) is 0 Å². The van der Waals surface area contributed by atoms with E-state index in [2.05, 4.69) is 38.7 Å². The molecule has 0 bridgehead atoms. The minimum absolute atomic E-state index is 0.0650. The van der Waals surface area contributed by atoms with Gasteiger partial charge < -0.3 is 15.5 Å². The predicted molar refractivity (Wildman–Crippen MR) is 143 cm³/mol. The molecule has 0 saturated heterocycles. The molecular formula is C31H49NO4. The highest BCUT2D eigenvalue weighted by molar-refractivity contribution is 5.80. The smallest absolute Gasteiger partial charge is 0.303 e. The van der Waals surface area contributed by atoms with Crippen LogP contribution in [0, 0.1) is 34.5 Å². The van der Waals surface area contributed by atoms with Crippen LogP contribution < -0.4 is 5.32 Å². The first-order valence-corrected chi connectivity index (χ1v) is 14.5. The number of carboxylic acid groups (broad SMARTS) is 1. The van der Waals surface area contributed by atoms with E-state index >= 15 is 0 Å². The van der Waals surface area contributed by atoms with Gasteiger partial charge in [-0.15, -0.1) is 0 Å². The highest BCUT2D eigenvalue weighted by atomic mass is 16.4. The summed E-state index contributed by atoms with van der Waals surface area (Å²) in [6.45, 7) is 13.6. The topological polar surface area (TPSA) is 86.6 Å². The Balaban J connectivity index is 1.42. The average Bonchev–Trinajstić information content (AvgIpc) is 3.19. The van der Waals surface area contributed by atoms with Gasteiger partial charge in [-0.1, -0.05) is 44.6 Å². The summed E-state index contributed by atoms with van der Waals surface area (Å²) in [5, 5.41) is 22.5. The van der Waals surface area contributed by atoms with Crippen LogP contribution in [0.5, 0.6) is 0 Å². The SMILES string of the molecule is C=C(CCC(C)(O)CC)[C@H]1CCC2C3CC=C4C[C@@H](NC(=O)CCC(=O)O)CC[C@]4(C)C3CC[C@@]21C. The average molecular weight is 500 g/mol. The molecule has 0 aromatic heterocycles. The molecule has 5 heteroatoms. The first kappa shape index (κ1) is 27.4. The normalized spacial score (nSPS) is 39.1. The number of allylic oxidation sites excluding steroid dienone is 2. The van der Waals surface area contributed by atoms with Crippen LogP contribution in [0.3, 0.4) is 0 Å². The number of aliphatic hydroxyl groups is 1. The second kappa shape index (κ2) is 10.3. The van der Waals surface area contributed by atoms with Gasteiger partial charge in [-0.25, -0.2) is 0 Å². The summed E-state index contributed by atoms with van der Waals surface area (Å²) in [7, 11) is 0. The summed E-state index contributed by atoms with van der Waals surface area (Å²) in [6, 6.07) is 0.135. The number of carbonyl (C=O) groups excluding carboxylic acids is 1. The van der Waals surface area contributed by atoms with Gasteiger partial charge in [0.15, 0.2) is 0 Å². The van der Waals surface area contributed by atoms with Crippen molar-refractivity contribution in [2.24, 2.45) is 34.5 Å². The molecule has 5 nitrogen and oxygen atoms in total. The van der Waals surface area contributed by atoms with Crippen LogP contribution in [0.1, 0.15) is 111 Å². The van der Waals surface area contributed by atoms with E-state index in [1.807, 2.05) is 6.92 Å². The van der Waals surface area contributed by atoms with Crippen molar-refractivity contribution in [3.63, 3.8) is 0 Å². The predicted octanol–water partition coefficient (Wildman–Crippen LogP) is 6.41. The molecule has 0 aliphatic heterocycles. The van der Waals surface area contributed by atoms with E-state index < -0.39 is 11.6 Å². The Morgan fingerprint density at radius 2 is 1.86 bits per heavy atom. The minimum atomic E-state index is -0.919. The van der Waals surface area contributed by atoms with Crippen molar-refractivity contribution in [2.45, 2.75) is 123 Å². The van der Waals surface area contributed by atoms with Crippen molar-refractivity contribution in [1.82, 2.24) is 5.32 Å². The van der Waals surface area contributed by atoms with Crippen LogP contribution in [0.2, 0.25) is 0 Å². The molecule has 3 saturated carbocycles. The largest absolute Gasteiger partial charge is 0.481 e. The Morgan fingerprint density at radius 1 is 1.11 bits per heavy atom. The number of hydrogen-bond donors (Lipinski definition) is 3. The molecule has 202 valence electrons. The van der Waals surface area contributed by atoms with Crippen LogP contribution in [-0.2, 0) is 9.59 Å². The number of hydrogen-bond acceptors (Lipinski definition) is 3. The van der Waals surface area contributed by atoms with Gasteiger partial charge in [0.1, 0.15) is 0 Å². The van der Waals surface area contributed by atoms with Crippen molar-refractivity contribution < 1.29 is 19.8 Å². The number of nitrogens with one attached hydrogen (secondary N) is 1. The van der Waals surface area contributed by atoms with Crippen LogP contribution in [-0.4, -0.2) is 33.7 Å². The van der Waals surface area contributed by atoms with E-state index in [0.29, 0.717) is 17.3 Å². The maximum absolute atomic E-state index is 12.2. The first-order valence-electron chi connectivity index (χ1n) is 14.5. The van der Waals surface area contributed by atoms with Gasteiger partial charge in [-0.3, -0.25) is 9.59 Å². The van der Waals surface area contributed by atoms with Gasteiger partial charge in [-0.2, -0.15) is 0 Å². The summed E-state index contributed by atoms with van der Waals surface area (Å²) < 4.78 is 0. The Kier molecular flexibility index (Phi) is 7.82. The fraction of sp³-hybridized carbons (Fsp3) is 0.806. The monoisotopic (exact) mass is 499 g/mol. The van der Waals surface area contributed by atoms with E-state index in [0.717, 1.165) is 56.8 Å². The molecule has 0 spiro atoms. The van der Waals surface area contributed by atoms with Crippen molar-refractivity contribution in [3.05, 3.63) is 23.8 Å². The number of carbonyl (C=O) groups is 2. The fourth-order valence-electron chi connectivity index (χ4n) is 8.76. The van der Waals surface area contributed by atoms with E-state index in [9.17, 15) is 14.7 Å². The van der Waals surface area contributed by atoms with Crippen LogP contribution >= 0.6 is 0 Å². The highest BCUT2D eigenvalue weighted by Crippen LogP contribution is 2.67. The Hall–Kier alpha value is -1.62. The number of carboxylic acids is 1. The zero-order valence-electron chi connectivity index (χ0n) is 23.1. The van der Waals surface area contributed by atoms with Crippen LogP contribution in [0.25, 0.3) is 0 Å². The molecule has 0 aromatic rings. The second-order valence-electron chi connectivity index (χ2n) is 13.3. The number of fused-ring (bicyclic) bond motifs is 5. The molecule has 0 heterocycles. The summed E-state index contributed by atoms with van der Waals surface area (Å²) in [5.41, 5.74) is 2.86. The zero-order valence-corrected chi connectivity index (χ0v) is 23.1. The van der Waals surface area contributed by atoms with Gasteiger partial charge in [0.2, 0.25) is 5.91 Å². The second-order valence-corrected chi connectivity index (χ2v) is 13.3. The Labute approximate surface area is 218 Å². The molecule has 1 amide bonds. The Bertz CT molecular complexity index is 906. The van der Waals surface area contributed by atoms with Crippen molar-refractivity contribution in [3.8, 4) is 0 Å². The lowest BCUT2D eigenvalue weighted by atomic mass is 9.47. The maximum atomic E-state index is 12.2. The lowest BCUT2D eigenvalue weighted by Gasteiger charge is -2.58. The minimum Gasteiger partial charge on any atom is -0.481 e. The first-order chi connectivity index (χ1) is 16.9. The van der Waals surface area contributed by atoms with E-state index in [1.165, 1.54) is 36.8 Å². The maximum Gasteiger partial charge on any atom is 0.303 e. The molecule has 3 fully saturated rings. The van der Waals surface area contributed by atoms with Gasteiger partial charge in [0, 0.05) is 12.5 Å². The summed E-state index contributed by atoms with van der Waals surface area (Å²) in [5.74, 6) is 1.71. The number of rotatable bonds is 9. The molecule has 4 rings (SSSR count). The van der Waals surface area contributed by atoms with E-state index in [1.54, 1.807) is 0 Å². The van der Waals surface area contributed by atoms with Gasteiger partial charge in [0.05, 0.1) is 12.0 Å². The third-order valence-electron chi connectivity index (χ3n) is 11.3. The molecule has 3 N–H and O–H groups in total. The lowest BCUT2D eigenvalue weighted by Crippen LogP contribution is -2.52. The molecule has 0 radical (unpaired) electrons. The van der Waals surface area contributed by atoms with Gasteiger partial charge in [0.25, 0.3) is 0 Å². The zero-order chi connectivity index (χ0) is 26.3. The number of aliphatic carboxylic acids is 1. The van der Waals surface area contributed by atoms with E-state index in [-0.39, 0.29) is 30.2 Å². The van der Waals surface area contributed by atoms with Crippen molar-refractivity contribution in [2.75, 3.05) is 0 Å². The molecule has 4 unspecified atom stereocenters. The van der Waals surface area contributed by atoms with Crippen molar-refractivity contribution >= 4 is 11.9 Å². The molecule has 4 aliphatic rings. The molecule has 0 aromatic carbocycles. The van der Waals surface area contributed by atoms with Crippen molar-refractivity contribution in [1.29, 1.82) is 0 Å². The third kappa shape index (κ3) is 5.19. The molecule has 36 heavy (non-hydrogen) atoms. The van der Waals surface area contributed by atoms with Gasteiger partial charge in [-0.05, 0) is 112 Å². The molecule has 4 aliphatic carbocycles. The molecule has 8 atom stereocenters. The fourth-order valence-corrected chi connectivity index (χ4v) is 8.76. The summed E-state index contributed by atoms with van der Waals surface area (Å²) in [6.07, 6.45) is 14.3. The standard InChI is InChI=1S/C31H49NO4/c1-6-29(3,36)16-13-20(2)24-9-10-25-23-8-7-21-19-22(32-27(33)11-12-28(34)35)14-17-30(21,4)26(23)15-18-31(24,25)5/h7,22-26,36H,2,6,8-19H2,1,3-5H3,(H,32,33)(H,34,35)/t22-,23?,24+,25?,26?,29?,30-,31+/m0/s1. The quantitative estimate of drug-likeness (QED) is 0.320. The van der Waals surface area contributed by atoms with Gasteiger partial charge >= 0.3 is 5.97 Å². The third-order valence-corrected chi connectivity index (χ3v) is 11.3. The Morgan fingerprint density at radius 3 is 2.56 bits per heavy atom. The summed E-state index contributed by atoms with van der Waals surface area (Å²) in [4.78, 5) is 23.0. The molecular weight excluding hydrogens is 450 g/mol. The lowest BCUT2D eigenvalue weighted by molar-refractivity contribution is -0.139. The summed E-state index contributed by atoms with van der Waals surface area (Å²) >= 11 is 0. The van der Waals surface area contributed by atoms with Crippen LogP contribution in [0.15, 0.2) is 23.8 Å². The number of amides is 1. The highest BCUT2D eigenvalue weighted by Gasteiger charge is 2.58.